The monoisotopic (exact) mass is 300 g/mol. The van der Waals surface area contributed by atoms with Crippen LogP contribution in [0.25, 0.3) is 10.9 Å². The average molecular weight is 300 g/mol. The van der Waals surface area contributed by atoms with E-state index in [1.165, 1.54) is 12.8 Å². The first kappa shape index (κ1) is 15.2. The molecular formula is C18H24N2O2. The van der Waals surface area contributed by atoms with E-state index in [1.54, 1.807) is 10.9 Å². The molecule has 0 radical (unpaired) electrons. The number of fused-ring (bicyclic) bond motifs is 1. The Morgan fingerprint density at radius 2 is 2.18 bits per heavy atom. The highest BCUT2D eigenvalue weighted by Crippen LogP contribution is 2.18. The van der Waals surface area contributed by atoms with Gasteiger partial charge in [0.25, 0.3) is 5.56 Å². The summed E-state index contributed by atoms with van der Waals surface area (Å²) in [7, 11) is 0. The second kappa shape index (κ2) is 6.61. The van der Waals surface area contributed by atoms with Crippen molar-refractivity contribution >= 4 is 10.9 Å². The zero-order valence-electron chi connectivity index (χ0n) is 13.5. The van der Waals surface area contributed by atoms with Gasteiger partial charge in [0, 0.05) is 13.2 Å². The minimum Gasteiger partial charge on any atom is -0.378 e. The van der Waals surface area contributed by atoms with Gasteiger partial charge < -0.3 is 4.74 Å². The van der Waals surface area contributed by atoms with E-state index < -0.39 is 0 Å². The van der Waals surface area contributed by atoms with Crippen LogP contribution in [0.2, 0.25) is 0 Å². The maximum Gasteiger partial charge on any atom is 0.261 e. The Bertz CT molecular complexity index is 715. The van der Waals surface area contributed by atoms with Crippen LogP contribution in [0.5, 0.6) is 0 Å². The molecule has 0 N–H and O–H groups in total. The predicted octanol–water partition coefficient (Wildman–Crippen LogP) is 3.36. The Kier molecular flexibility index (Phi) is 4.57. The molecule has 22 heavy (non-hydrogen) atoms. The minimum absolute atomic E-state index is 0.0777. The summed E-state index contributed by atoms with van der Waals surface area (Å²) < 4.78 is 7.38. The molecule has 2 heterocycles. The molecule has 1 saturated heterocycles. The summed E-state index contributed by atoms with van der Waals surface area (Å²) in [6.45, 7) is 5.68. The molecule has 1 aliphatic rings. The molecule has 4 nitrogen and oxygen atoms in total. The van der Waals surface area contributed by atoms with Gasteiger partial charge >= 0.3 is 0 Å². The van der Waals surface area contributed by atoms with E-state index >= 15 is 0 Å². The Balaban J connectivity index is 1.68. The summed E-state index contributed by atoms with van der Waals surface area (Å²) in [6, 6.07) is 4.02. The van der Waals surface area contributed by atoms with Gasteiger partial charge in [-0.15, -0.1) is 0 Å². The van der Waals surface area contributed by atoms with Gasteiger partial charge in [-0.1, -0.05) is 6.07 Å². The van der Waals surface area contributed by atoms with Gasteiger partial charge in [-0.3, -0.25) is 9.36 Å². The lowest BCUT2D eigenvalue weighted by Gasteiger charge is -2.10. The van der Waals surface area contributed by atoms with Crippen molar-refractivity contribution in [1.29, 1.82) is 0 Å². The molecule has 1 fully saturated rings. The van der Waals surface area contributed by atoms with E-state index in [1.807, 2.05) is 19.9 Å². The second-order valence-corrected chi connectivity index (χ2v) is 6.35. The lowest BCUT2D eigenvalue weighted by Crippen LogP contribution is -2.21. The van der Waals surface area contributed by atoms with E-state index in [0.717, 1.165) is 54.4 Å². The number of ether oxygens (including phenoxy) is 1. The number of hydrogen-bond donors (Lipinski definition) is 0. The quantitative estimate of drug-likeness (QED) is 0.795. The van der Waals surface area contributed by atoms with Crippen molar-refractivity contribution in [3.05, 3.63) is 39.9 Å². The summed E-state index contributed by atoms with van der Waals surface area (Å²) >= 11 is 0. The van der Waals surface area contributed by atoms with Gasteiger partial charge in [-0.05, 0) is 63.1 Å². The van der Waals surface area contributed by atoms with Crippen molar-refractivity contribution in [2.45, 2.75) is 58.6 Å². The van der Waals surface area contributed by atoms with Crippen molar-refractivity contribution < 1.29 is 4.74 Å². The van der Waals surface area contributed by atoms with Crippen LogP contribution in [0, 0.1) is 13.8 Å². The number of rotatable bonds is 5. The molecule has 1 aromatic carbocycles. The zero-order valence-corrected chi connectivity index (χ0v) is 13.5. The highest BCUT2D eigenvalue weighted by molar-refractivity contribution is 5.81. The van der Waals surface area contributed by atoms with Crippen LogP contribution in [0.1, 0.15) is 43.2 Å². The predicted molar refractivity (Wildman–Crippen MR) is 88.3 cm³/mol. The van der Waals surface area contributed by atoms with Crippen molar-refractivity contribution in [3.63, 3.8) is 0 Å². The van der Waals surface area contributed by atoms with Gasteiger partial charge in [-0.25, -0.2) is 4.98 Å². The number of aryl methyl sites for hydroxylation is 3. The summed E-state index contributed by atoms with van der Waals surface area (Å²) in [5, 5.41) is 0.735. The van der Waals surface area contributed by atoms with Crippen LogP contribution in [-0.4, -0.2) is 22.3 Å². The number of benzene rings is 1. The van der Waals surface area contributed by atoms with Gasteiger partial charge in [0.05, 0.1) is 23.3 Å². The molecule has 4 heteroatoms. The molecule has 2 aromatic rings. The minimum atomic E-state index is 0.0777. The van der Waals surface area contributed by atoms with Crippen LogP contribution in [0.15, 0.2) is 23.3 Å². The molecule has 118 valence electrons. The lowest BCUT2D eigenvalue weighted by molar-refractivity contribution is 0.102. The topological polar surface area (TPSA) is 44.1 Å². The normalized spacial score (nSPS) is 18.2. The van der Waals surface area contributed by atoms with E-state index in [4.69, 9.17) is 4.74 Å². The fourth-order valence-electron chi connectivity index (χ4n) is 3.31. The van der Waals surface area contributed by atoms with E-state index in [-0.39, 0.29) is 5.56 Å². The van der Waals surface area contributed by atoms with Crippen LogP contribution < -0.4 is 5.56 Å². The third kappa shape index (κ3) is 3.22. The maximum absolute atomic E-state index is 12.6. The van der Waals surface area contributed by atoms with Crippen LogP contribution in [0.4, 0.5) is 0 Å². The molecule has 1 aromatic heterocycles. The Morgan fingerprint density at radius 1 is 1.32 bits per heavy atom. The van der Waals surface area contributed by atoms with Crippen LogP contribution >= 0.6 is 0 Å². The summed E-state index contributed by atoms with van der Waals surface area (Å²) in [5.41, 5.74) is 3.08. The average Bonchev–Trinajstić information content (AvgIpc) is 2.99. The fraction of sp³-hybridized carbons (Fsp3) is 0.556. The number of unbranched alkanes of at least 4 members (excludes halogenated alkanes) is 1. The van der Waals surface area contributed by atoms with Gasteiger partial charge in [0.1, 0.15) is 0 Å². The summed E-state index contributed by atoms with van der Waals surface area (Å²) in [4.78, 5) is 17.1. The van der Waals surface area contributed by atoms with E-state index in [9.17, 15) is 4.79 Å². The molecule has 0 saturated carbocycles. The second-order valence-electron chi connectivity index (χ2n) is 6.35. The first-order valence-electron chi connectivity index (χ1n) is 8.23. The first-order valence-corrected chi connectivity index (χ1v) is 8.23. The molecular weight excluding hydrogens is 276 g/mol. The van der Waals surface area contributed by atoms with E-state index in [0.29, 0.717) is 6.10 Å². The number of aromatic nitrogens is 2. The Morgan fingerprint density at radius 3 is 2.95 bits per heavy atom. The van der Waals surface area contributed by atoms with Crippen molar-refractivity contribution in [2.75, 3.05) is 6.61 Å². The van der Waals surface area contributed by atoms with E-state index in [2.05, 4.69) is 11.1 Å². The zero-order chi connectivity index (χ0) is 15.5. The molecule has 1 aliphatic heterocycles. The van der Waals surface area contributed by atoms with Gasteiger partial charge in [0.2, 0.25) is 0 Å². The Labute approximate surface area is 131 Å². The van der Waals surface area contributed by atoms with Crippen LogP contribution in [-0.2, 0) is 11.3 Å². The first-order chi connectivity index (χ1) is 10.6. The summed E-state index contributed by atoms with van der Waals surface area (Å²) in [6.07, 6.45) is 7.72. The summed E-state index contributed by atoms with van der Waals surface area (Å²) in [5.74, 6) is 0. The molecule has 0 unspecified atom stereocenters. The number of hydrogen-bond acceptors (Lipinski definition) is 3. The molecule has 0 bridgehead atoms. The van der Waals surface area contributed by atoms with Crippen molar-refractivity contribution in [2.24, 2.45) is 0 Å². The third-order valence-electron chi connectivity index (χ3n) is 4.46. The molecule has 1 atom stereocenters. The Hall–Kier alpha value is -1.68. The lowest BCUT2D eigenvalue weighted by atomic mass is 10.1. The SMILES string of the molecule is Cc1cc(C)c2ncn(CCCC[C@H]3CCCO3)c(=O)c2c1. The van der Waals surface area contributed by atoms with Gasteiger partial charge in [-0.2, -0.15) is 0 Å². The highest BCUT2D eigenvalue weighted by Gasteiger charge is 2.14. The standard InChI is InChI=1S/C18H24N2O2/c1-13-10-14(2)17-16(11-13)18(21)20(12-19-17)8-4-3-6-15-7-5-9-22-15/h10-12,15H,3-9H2,1-2H3/t15-/m0/s1. The molecule has 0 aliphatic carbocycles. The molecule has 3 rings (SSSR count). The fourth-order valence-corrected chi connectivity index (χ4v) is 3.31. The van der Waals surface area contributed by atoms with Crippen LogP contribution in [0.3, 0.4) is 0 Å². The molecule has 0 spiro atoms. The largest absolute Gasteiger partial charge is 0.378 e. The van der Waals surface area contributed by atoms with Crippen molar-refractivity contribution in [3.8, 4) is 0 Å². The van der Waals surface area contributed by atoms with Gasteiger partial charge in [0.15, 0.2) is 0 Å². The number of nitrogens with zero attached hydrogens (tertiary/aromatic N) is 2. The molecule has 0 amide bonds. The smallest absolute Gasteiger partial charge is 0.261 e. The third-order valence-corrected chi connectivity index (χ3v) is 4.46. The highest BCUT2D eigenvalue weighted by atomic mass is 16.5. The maximum atomic E-state index is 12.6. The van der Waals surface area contributed by atoms with Crippen molar-refractivity contribution in [1.82, 2.24) is 9.55 Å².